The number of nitrogens with one attached hydrogen (secondary N) is 4. The molecule has 1 aliphatic heterocycles. The summed E-state index contributed by atoms with van der Waals surface area (Å²) in [6, 6.07) is 4.15. The van der Waals surface area contributed by atoms with E-state index >= 15 is 0 Å². The molecule has 4 rings (SSSR count). The zero-order chi connectivity index (χ0) is 39.2. The van der Waals surface area contributed by atoms with Crippen molar-refractivity contribution in [2.45, 2.75) is 107 Å². The molecular weight excluding hydrogens is 727 g/mol. The molecule has 6 amide bonds. The predicted molar refractivity (Wildman–Crippen MR) is 198 cm³/mol. The van der Waals surface area contributed by atoms with Crippen LogP contribution in [0, 0.1) is 17.8 Å². The Balaban J connectivity index is 1.45. The molecule has 14 nitrogen and oxygen atoms in total. The van der Waals surface area contributed by atoms with E-state index in [-0.39, 0.29) is 18.9 Å². The van der Waals surface area contributed by atoms with Crippen LogP contribution in [0.3, 0.4) is 0 Å². The number of rotatable bonds is 14. The van der Waals surface area contributed by atoms with E-state index in [0.717, 1.165) is 19.3 Å². The maximum absolute atomic E-state index is 14.3. The second-order valence-corrected chi connectivity index (χ2v) is 16.7. The van der Waals surface area contributed by atoms with Crippen LogP contribution in [0.1, 0.15) is 84.2 Å². The van der Waals surface area contributed by atoms with Gasteiger partial charge in [-0.1, -0.05) is 62.9 Å². The highest BCUT2D eigenvalue weighted by molar-refractivity contribution is 6.51. The van der Waals surface area contributed by atoms with E-state index in [1.165, 1.54) is 9.80 Å². The van der Waals surface area contributed by atoms with Crippen LogP contribution >= 0.6 is 23.2 Å². The van der Waals surface area contributed by atoms with Gasteiger partial charge < -0.3 is 35.8 Å². The summed E-state index contributed by atoms with van der Waals surface area (Å²) in [5.41, 5.74) is -0.264. The lowest BCUT2D eigenvalue weighted by atomic mass is 9.83. The van der Waals surface area contributed by atoms with Crippen LogP contribution in [0.5, 0.6) is 0 Å². The number of piperidine rings is 1. The number of hydrogen-bond donors (Lipinski definition) is 4. The van der Waals surface area contributed by atoms with E-state index in [0.29, 0.717) is 24.8 Å². The largest absolute Gasteiger partial charge is 0.444 e. The molecule has 6 atom stereocenters. The number of alkyl carbamates (subject to hydrolysis) is 1. The Labute approximate surface area is 320 Å². The molecule has 0 bridgehead atoms. The highest BCUT2D eigenvalue weighted by Crippen LogP contribution is 2.65. The van der Waals surface area contributed by atoms with Crippen LogP contribution < -0.4 is 21.3 Å². The first-order valence-electron chi connectivity index (χ1n) is 18.2. The second kappa shape index (κ2) is 17.5. The molecule has 1 aromatic rings. The zero-order valence-electron chi connectivity index (χ0n) is 31.2. The Hall–Kier alpha value is -3.91. The molecule has 0 aromatic heterocycles. The Bertz CT molecular complexity index is 1540. The van der Waals surface area contributed by atoms with Gasteiger partial charge in [0.05, 0.1) is 12.6 Å². The van der Waals surface area contributed by atoms with Gasteiger partial charge in [0.15, 0.2) is 0 Å². The van der Waals surface area contributed by atoms with Gasteiger partial charge in [0.25, 0.3) is 5.91 Å². The first-order valence-corrected chi connectivity index (χ1v) is 19.0. The molecule has 53 heavy (non-hydrogen) atoms. The standard InChI is InChI=1S/C37H52Cl2N6O8/c1-7-14-24(30(47)32(49)40-19-25(46)42-27(33(50)44(5)6)21-15-10-8-11-16-21)41-31(48)29-26-23(37(26,38)39)20-45(29)34(51)28(22-17-12-9-13-18-22)43-35(52)53-36(2,3)4/h8,10-11,15-16,22-24,26-29H,7,9,12-14,17-20H2,1-6H3,(H,40,49)(H,41,48)(H,42,46)(H,43,52)/t23-,24?,26-,27-,28?,29-/m0/s1. The van der Waals surface area contributed by atoms with Gasteiger partial charge in [0.1, 0.15) is 28.1 Å². The predicted octanol–water partition coefficient (Wildman–Crippen LogP) is 3.01. The summed E-state index contributed by atoms with van der Waals surface area (Å²) < 4.78 is 4.19. The van der Waals surface area contributed by atoms with Crippen molar-refractivity contribution in [2.75, 3.05) is 27.2 Å². The number of amides is 6. The minimum Gasteiger partial charge on any atom is -0.444 e. The van der Waals surface area contributed by atoms with Crippen LogP contribution in [0.25, 0.3) is 0 Å². The highest BCUT2D eigenvalue weighted by atomic mass is 35.5. The normalized spacial score (nSPS) is 22.3. The highest BCUT2D eigenvalue weighted by Gasteiger charge is 2.74. The molecule has 1 heterocycles. The van der Waals surface area contributed by atoms with Gasteiger partial charge in [0, 0.05) is 32.5 Å². The number of ketones is 1. The van der Waals surface area contributed by atoms with Crippen molar-refractivity contribution in [2.24, 2.45) is 17.8 Å². The lowest BCUT2D eigenvalue weighted by Crippen LogP contribution is -2.60. The van der Waals surface area contributed by atoms with E-state index in [1.807, 2.05) is 0 Å². The van der Waals surface area contributed by atoms with Crippen LogP contribution in [-0.2, 0) is 33.5 Å². The third-order valence-corrected chi connectivity index (χ3v) is 11.0. The monoisotopic (exact) mass is 778 g/mol. The molecule has 0 radical (unpaired) electrons. The van der Waals surface area contributed by atoms with E-state index in [1.54, 1.807) is 72.1 Å². The van der Waals surface area contributed by atoms with Crippen LogP contribution in [0.15, 0.2) is 30.3 Å². The molecule has 3 fully saturated rings. The summed E-state index contributed by atoms with van der Waals surface area (Å²) in [4.78, 5) is 96.0. The lowest BCUT2D eigenvalue weighted by molar-refractivity contribution is -0.144. The van der Waals surface area contributed by atoms with Gasteiger partial charge in [-0.15, -0.1) is 23.2 Å². The molecule has 3 aliphatic rings. The number of alkyl halides is 2. The minimum absolute atomic E-state index is 0.0656. The molecular formula is C37H52Cl2N6O8. The second-order valence-electron chi connectivity index (χ2n) is 15.3. The van der Waals surface area contributed by atoms with Gasteiger partial charge >= 0.3 is 6.09 Å². The number of Topliss-reactive ketones (excluding diaryl/α,β-unsaturated/α-hetero) is 1. The number of likely N-dealkylation sites (tertiary alicyclic amines) is 1. The van der Waals surface area contributed by atoms with E-state index < -0.39 is 93.9 Å². The summed E-state index contributed by atoms with van der Waals surface area (Å²) in [5, 5.41) is 10.3. The smallest absolute Gasteiger partial charge is 0.408 e. The van der Waals surface area contributed by atoms with Crippen LogP contribution in [0.2, 0.25) is 0 Å². The van der Waals surface area contributed by atoms with Gasteiger partial charge in [-0.3, -0.25) is 28.8 Å². The van der Waals surface area contributed by atoms with Gasteiger partial charge in [-0.25, -0.2) is 4.79 Å². The molecule has 1 saturated heterocycles. The summed E-state index contributed by atoms with van der Waals surface area (Å²) >= 11 is 13.1. The molecule has 2 unspecified atom stereocenters. The lowest BCUT2D eigenvalue weighted by Gasteiger charge is -2.36. The van der Waals surface area contributed by atoms with Gasteiger partial charge in [-0.05, 0) is 51.5 Å². The SMILES string of the molecule is CCCC(NC(=O)[C@@H]1[C@@H]2[C@H](CN1C(=O)C(NC(=O)OC(C)(C)C)C1CCCCC1)C2(Cl)Cl)C(=O)C(=O)NCC(=O)N[C@H](C(=O)N(C)C)c1ccccc1. The quantitative estimate of drug-likeness (QED) is 0.164. The van der Waals surface area contributed by atoms with Gasteiger partial charge in [0.2, 0.25) is 29.4 Å². The number of hydrogen-bond acceptors (Lipinski definition) is 8. The number of carbonyl (C=O) groups excluding carboxylic acids is 7. The third kappa shape index (κ3) is 10.4. The summed E-state index contributed by atoms with van der Waals surface area (Å²) in [6.07, 6.45) is 3.95. The summed E-state index contributed by atoms with van der Waals surface area (Å²) in [5.74, 6) is -5.61. The molecule has 4 N–H and O–H groups in total. The zero-order valence-corrected chi connectivity index (χ0v) is 32.7. The van der Waals surface area contributed by atoms with E-state index in [9.17, 15) is 33.6 Å². The fourth-order valence-corrected chi connectivity index (χ4v) is 8.05. The third-order valence-electron chi connectivity index (χ3n) is 9.91. The first-order chi connectivity index (χ1) is 24.9. The fraction of sp³-hybridized carbons (Fsp3) is 0.649. The van der Waals surface area contributed by atoms with E-state index in [4.69, 9.17) is 27.9 Å². The maximum Gasteiger partial charge on any atom is 0.408 e. The Morgan fingerprint density at radius 3 is 2.19 bits per heavy atom. The number of benzene rings is 1. The fourth-order valence-electron chi connectivity index (χ4n) is 7.22. The Kier molecular flexibility index (Phi) is 13.8. The van der Waals surface area contributed by atoms with Crippen molar-refractivity contribution in [3.8, 4) is 0 Å². The Morgan fingerprint density at radius 1 is 0.962 bits per heavy atom. The average Bonchev–Trinajstić information content (AvgIpc) is 3.41. The molecule has 292 valence electrons. The van der Waals surface area contributed by atoms with Crippen molar-refractivity contribution < 1.29 is 38.3 Å². The number of fused-ring (bicyclic) bond motifs is 1. The molecule has 1 aromatic carbocycles. The Morgan fingerprint density at radius 2 is 1.60 bits per heavy atom. The maximum atomic E-state index is 14.3. The molecule has 2 saturated carbocycles. The average molecular weight is 780 g/mol. The van der Waals surface area contributed by atoms with Crippen molar-refractivity contribution in [1.82, 2.24) is 31.1 Å². The van der Waals surface area contributed by atoms with Gasteiger partial charge in [-0.2, -0.15) is 0 Å². The van der Waals surface area contributed by atoms with Crippen LogP contribution in [-0.4, -0.2) is 106 Å². The number of likely N-dealkylation sites (N-methyl/N-ethyl adjacent to an activating group) is 1. The van der Waals surface area contributed by atoms with Crippen molar-refractivity contribution >= 4 is 64.6 Å². The molecule has 0 spiro atoms. The molecule has 16 heteroatoms. The number of halogens is 2. The number of carbonyl (C=O) groups is 7. The van der Waals surface area contributed by atoms with E-state index in [2.05, 4.69) is 21.3 Å². The topological polar surface area (TPSA) is 183 Å². The summed E-state index contributed by atoms with van der Waals surface area (Å²) in [6.45, 7) is 6.39. The molecule has 2 aliphatic carbocycles. The summed E-state index contributed by atoms with van der Waals surface area (Å²) in [7, 11) is 3.10. The minimum atomic E-state index is -1.29. The van der Waals surface area contributed by atoms with Crippen molar-refractivity contribution in [1.29, 1.82) is 0 Å². The number of ether oxygens (including phenoxy) is 1. The van der Waals surface area contributed by atoms with Crippen molar-refractivity contribution in [3.05, 3.63) is 35.9 Å². The number of nitrogens with zero attached hydrogens (tertiary/aromatic N) is 2. The van der Waals surface area contributed by atoms with Crippen molar-refractivity contribution in [3.63, 3.8) is 0 Å². The first kappa shape index (κ1) is 41.8. The van der Waals surface area contributed by atoms with Crippen LogP contribution in [0.4, 0.5) is 4.79 Å².